The van der Waals surface area contributed by atoms with Crippen LogP contribution in [0.1, 0.15) is 23.7 Å². The first-order valence-electron chi connectivity index (χ1n) is 4.52. The Balaban J connectivity index is 2.85. The summed E-state index contributed by atoms with van der Waals surface area (Å²) in [5.74, 6) is -1.51. The molecule has 0 bridgehead atoms. The van der Waals surface area contributed by atoms with Crippen molar-refractivity contribution in [3.8, 4) is 0 Å². The molecule has 0 saturated carbocycles. The highest BCUT2D eigenvalue weighted by atomic mass is 35.5. The maximum Gasteiger partial charge on any atom is 0.220 e. The van der Waals surface area contributed by atoms with Crippen LogP contribution in [-0.4, -0.2) is 17.7 Å². The van der Waals surface area contributed by atoms with E-state index in [1.165, 1.54) is 31.2 Å². The van der Waals surface area contributed by atoms with E-state index in [1.807, 2.05) is 0 Å². The van der Waals surface area contributed by atoms with Crippen LogP contribution in [0.15, 0.2) is 24.3 Å². The SMILES string of the molecule is CCC(=O)C(F)C(=O)c1ccc(Cl)cc1. The third-order valence-electron chi connectivity index (χ3n) is 1.99. The molecular weight excluding hydrogens is 219 g/mol. The molecule has 0 aliphatic carbocycles. The highest BCUT2D eigenvalue weighted by Gasteiger charge is 2.25. The third kappa shape index (κ3) is 2.86. The molecule has 0 spiro atoms. The van der Waals surface area contributed by atoms with Crippen molar-refractivity contribution in [2.75, 3.05) is 0 Å². The van der Waals surface area contributed by atoms with Crippen molar-refractivity contribution in [3.63, 3.8) is 0 Å². The Labute approximate surface area is 92.0 Å². The molecule has 0 aromatic heterocycles. The molecule has 0 amide bonds. The first-order valence-corrected chi connectivity index (χ1v) is 4.90. The number of carbonyl (C=O) groups excluding carboxylic acids is 2. The molecule has 80 valence electrons. The van der Waals surface area contributed by atoms with Gasteiger partial charge in [0, 0.05) is 17.0 Å². The molecule has 1 rings (SSSR count). The quantitative estimate of drug-likeness (QED) is 0.587. The Hall–Kier alpha value is -1.22. The average Bonchev–Trinajstić information content (AvgIpc) is 2.27. The molecule has 0 N–H and O–H groups in total. The number of rotatable bonds is 4. The molecule has 0 aliphatic rings. The van der Waals surface area contributed by atoms with Gasteiger partial charge in [0.15, 0.2) is 5.78 Å². The maximum atomic E-state index is 13.2. The lowest BCUT2D eigenvalue weighted by molar-refractivity contribution is -0.121. The summed E-state index contributed by atoms with van der Waals surface area (Å²) in [6.07, 6.45) is -2.04. The van der Waals surface area contributed by atoms with Crippen LogP contribution in [0.3, 0.4) is 0 Å². The highest BCUT2D eigenvalue weighted by molar-refractivity contribution is 6.30. The molecule has 0 aliphatic heterocycles. The molecule has 1 aromatic rings. The zero-order valence-corrected chi connectivity index (χ0v) is 8.92. The summed E-state index contributed by atoms with van der Waals surface area (Å²) in [4.78, 5) is 22.4. The molecule has 0 fully saturated rings. The molecule has 0 radical (unpaired) electrons. The molecule has 1 unspecified atom stereocenters. The van der Waals surface area contributed by atoms with E-state index in [4.69, 9.17) is 11.6 Å². The summed E-state index contributed by atoms with van der Waals surface area (Å²) in [6, 6.07) is 5.77. The van der Waals surface area contributed by atoms with Gasteiger partial charge in [-0.1, -0.05) is 18.5 Å². The molecular formula is C11H10ClFO2. The minimum atomic E-state index is -2.06. The van der Waals surface area contributed by atoms with Crippen LogP contribution < -0.4 is 0 Å². The van der Waals surface area contributed by atoms with Gasteiger partial charge in [0.2, 0.25) is 12.0 Å². The van der Waals surface area contributed by atoms with Crippen LogP contribution in [0.4, 0.5) is 4.39 Å². The van der Waals surface area contributed by atoms with Gasteiger partial charge in [-0.2, -0.15) is 0 Å². The van der Waals surface area contributed by atoms with Gasteiger partial charge in [0.1, 0.15) is 0 Å². The lowest BCUT2D eigenvalue weighted by atomic mass is 10.0. The van der Waals surface area contributed by atoms with Crippen LogP contribution in [0, 0.1) is 0 Å². The Kier molecular flexibility index (Phi) is 3.97. The molecule has 15 heavy (non-hydrogen) atoms. The fourth-order valence-corrected chi connectivity index (χ4v) is 1.21. The second kappa shape index (κ2) is 5.03. The van der Waals surface area contributed by atoms with Gasteiger partial charge in [-0.15, -0.1) is 0 Å². The van der Waals surface area contributed by atoms with E-state index in [-0.39, 0.29) is 12.0 Å². The number of alkyl halides is 1. The Morgan fingerprint density at radius 1 is 1.33 bits per heavy atom. The van der Waals surface area contributed by atoms with Gasteiger partial charge >= 0.3 is 0 Å². The van der Waals surface area contributed by atoms with Crippen LogP contribution >= 0.6 is 11.6 Å². The van der Waals surface area contributed by atoms with Crippen molar-refractivity contribution in [2.45, 2.75) is 19.5 Å². The number of carbonyl (C=O) groups is 2. The van der Waals surface area contributed by atoms with Gasteiger partial charge in [-0.05, 0) is 24.3 Å². The van der Waals surface area contributed by atoms with Crippen molar-refractivity contribution in [1.82, 2.24) is 0 Å². The predicted molar refractivity (Wildman–Crippen MR) is 56.0 cm³/mol. The standard InChI is InChI=1S/C11H10ClFO2/c1-2-9(14)10(13)11(15)7-3-5-8(12)6-4-7/h3-6,10H,2H2,1H3. The fraction of sp³-hybridized carbons (Fsp3) is 0.273. The molecule has 1 aromatic carbocycles. The Bertz CT molecular complexity index is 373. The summed E-state index contributed by atoms with van der Waals surface area (Å²) in [5.41, 5.74) is 0.161. The second-order valence-electron chi connectivity index (χ2n) is 3.05. The number of hydrogen-bond acceptors (Lipinski definition) is 2. The molecule has 1 atom stereocenters. The average molecular weight is 229 g/mol. The lowest BCUT2D eigenvalue weighted by Crippen LogP contribution is -2.25. The van der Waals surface area contributed by atoms with E-state index in [0.717, 1.165) is 0 Å². The van der Waals surface area contributed by atoms with Crippen LogP contribution in [0.5, 0.6) is 0 Å². The van der Waals surface area contributed by atoms with Crippen molar-refractivity contribution in [3.05, 3.63) is 34.9 Å². The van der Waals surface area contributed by atoms with Gasteiger partial charge in [0.25, 0.3) is 0 Å². The number of Topliss-reactive ketones (excluding diaryl/α,β-unsaturated/α-hetero) is 2. The summed E-state index contributed by atoms with van der Waals surface area (Å²) in [6.45, 7) is 1.52. The number of halogens is 2. The predicted octanol–water partition coefficient (Wildman–Crippen LogP) is 2.84. The van der Waals surface area contributed by atoms with Crippen molar-refractivity contribution in [2.24, 2.45) is 0 Å². The molecule has 2 nitrogen and oxygen atoms in total. The molecule has 0 heterocycles. The lowest BCUT2D eigenvalue weighted by Gasteiger charge is -2.04. The fourth-order valence-electron chi connectivity index (χ4n) is 1.09. The van der Waals surface area contributed by atoms with Crippen LogP contribution in [0.2, 0.25) is 5.02 Å². The summed E-state index contributed by atoms with van der Waals surface area (Å²) >= 11 is 5.61. The minimum absolute atomic E-state index is 0.0144. The van der Waals surface area contributed by atoms with Crippen LogP contribution in [0.25, 0.3) is 0 Å². The smallest absolute Gasteiger partial charge is 0.220 e. The summed E-state index contributed by atoms with van der Waals surface area (Å²) in [5, 5.41) is 0.462. The van der Waals surface area contributed by atoms with Gasteiger partial charge in [-0.3, -0.25) is 9.59 Å². The zero-order chi connectivity index (χ0) is 11.4. The third-order valence-corrected chi connectivity index (χ3v) is 2.24. The zero-order valence-electron chi connectivity index (χ0n) is 8.17. The van der Waals surface area contributed by atoms with E-state index in [2.05, 4.69) is 0 Å². The number of hydrogen-bond donors (Lipinski definition) is 0. The normalized spacial score (nSPS) is 12.2. The molecule has 4 heteroatoms. The highest BCUT2D eigenvalue weighted by Crippen LogP contribution is 2.13. The van der Waals surface area contributed by atoms with Gasteiger partial charge in [0.05, 0.1) is 0 Å². The first kappa shape index (κ1) is 11.9. The minimum Gasteiger partial charge on any atom is -0.296 e. The van der Waals surface area contributed by atoms with Crippen molar-refractivity contribution >= 4 is 23.2 Å². The Morgan fingerprint density at radius 3 is 2.33 bits per heavy atom. The van der Waals surface area contributed by atoms with Crippen molar-refractivity contribution in [1.29, 1.82) is 0 Å². The summed E-state index contributed by atoms with van der Waals surface area (Å²) in [7, 11) is 0. The van der Waals surface area contributed by atoms with E-state index >= 15 is 0 Å². The van der Waals surface area contributed by atoms with E-state index in [0.29, 0.717) is 5.02 Å². The van der Waals surface area contributed by atoms with E-state index in [1.54, 1.807) is 0 Å². The monoisotopic (exact) mass is 228 g/mol. The van der Waals surface area contributed by atoms with Gasteiger partial charge < -0.3 is 0 Å². The van der Waals surface area contributed by atoms with E-state index in [9.17, 15) is 14.0 Å². The number of ketones is 2. The summed E-state index contributed by atoms with van der Waals surface area (Å²) < 4.78 is 13.2. The Morgan fingerprint density at radius 2 is 1.87 bits per heavy atom. The largest absolute Gasteiger partial charge is 0.296 e. The second-order valence-corrected chi connectivity index (χ2v) is 3.49. The number of benzene rings is 1. The van der Waals surface area contributed by atoms with Gasteiger partial charge in [-0.25, -0.2) is 4.39 Å². The maximum absolute atomic E-state index is 13.2. The topological polar surface area (TPSA) is 34.1 Å². The van der Waals surface area contributed by atoms with Crippen molar-refractivity contribution < 1.29 is 14.0 Å². The molecule has 0 saturated heterocycles. The van der Waals surface area contributed by atoms with Crippen LogP contribution in [-0.2, 0) is 4.79 Å². The first-order chi connectivity index (χ1) is 7.06. The van der Waals surface area contributed by atoms with E-state index < -0.39 is 17.7 Å².